The summed E-state index contributed by atoms with van der Waals surface area (Å²) in [6.45, 7) is 2.24. The molecule has 2 N–H and O–H groups in total. The normalized spacial score (nSPS) is 40.6. The Bertz CT molecular complexity index is 207. The Labute approximate surface area is 100 Å². The van der Waals surface area contributed by atoms with Crippen molar-refractivity contribution < 1.29 is 10.2 Å². The van der Waals surface area contributed by atoms with E-state index in [4.69, 9.17) is 0 Å². The monoisotopic (exact) mass is 248 g/mol. The minimum Gasteiger partial charge on any atom is -0.393 e. The van der Waals surface area contributed by atoms with E-state index in [-0.39, 0.29) is 12.2 Å². The molecule has 0 aromatic heterocycles. The van der Waals surface area contributed by atoms with Crippen LogP contribution in [-0.2, 0) is 0 Å². The van der Waals surface area contributed by atoms with Gasteiger partial charge >= 0.3 is 0 Å². The van der Waals surface area contributed by atoms with Gasteiger partial charge in [0.05, 0.1) is 16.8 Å². The zero-order chi connectivity index (χ0) is 10.8. The molecule has 2 rings (SSSR count). The van der Waals surface area contributed by atoms with Crippen LogP contribution in [0.25, 0.3) is 0 Å². The maximum absolute atomic E-state index is 9.99. The van der Waals surface area contributed by atoms with Crippen molar-refractivity contribution in [3.05, 3.63) is 0 Å². The standard InChI is InChI=1S/C11H20O2S2/c1-7(11-14-4-5-15-11)9-6-8(12)2-3-10(9)13/h7-13H,2-6H2,1H3/t7-,8+,9-,10-/m0/s1. The van der Waals surface area contributed by atoms with Crippen molar-refractivity contribution in [1.82, 2.24) is 0 Å². The zero-order valence-electron chi connectivity index (χ0n) is 9.13. The molecule has 0 amide bonds. The predicted octanol–water partition coefficient (Wildman–Crippen LogP) is 1.95. The maximum atomic E-state index is 9.99. The molecule has 0 spiro atoms. The minimum atomic E-state index is -0.190. The molecule has 0 radical (unpaired) electrons. The minimum absolute atomic E-state index is 0.183. The van der Waals surface area contributed by atoms with Crippen molar-refractivity contribution >= 4 is 23.5 Å². The van der Waals surface area contributed by atoms with Crippen LogP contribution in [0.15, 0.2) is 0 Å². The van der Waals surface area contributed by atoms with Gasteiger partial charge < -0.3 is 10.2 Å². The Kier molecular flexibility index (Phi) is 4.27. The van der Waals surface area contributed by atoms with Gasteiger partial charge in [-0.15, -0.1) is 23.5 Å². The van der Waals surface area contributed by atoms with Gasteiger partial charge in [0.25, 0.3) is 0 Å². The fourth-order valence-electron chi connectivity index (χ4n) is 2.61. The number of hydrogen-bond acceptors (Lipinski definition) is 4. The third-order valence-corrected chi connectivity index (χ3v) is 7.06. The zero-order valence-corrected chi connectivity index (χ0v) is 10.8. The van der Waals surface area contributed by atoms with E-state index in [9.17, 15) is 10.2 Å². The molecule has 2 nitrogen and oxygen atoms in total. The van der Waals surface area contributed by atoms with Gasteiger partial charge in [0.1, 0.15) is 0 Å². The molecule has 15 heavy (non-hydrogen) atoms. The molecule has 0 aromatic rings. The lowest BCUT2D eigenvalue weighted by molar-refractivity contribution is -0.0112. The number of thioether (sulfide) groups is 2. The Morgan fingerprint density at radius 2 is 1.80 bits per heavy atom. The SMILES string of the molecule is C[C@H](C1SCCS1)[C@@H]1C[C@H](O)CC[C@@H]1O. The van der Waals surface area contributed by atoms with Gasteiger partial charge in [-0.05, 0) is 31.1 Å². The molecule has 2 fully saturated rings. The fourth-order valence-corrected chi connectivity index (χ4v) is 5.82. The van der Waals surface area contributed by atoms with E-state index in [2.05, 4.69) is 6.92 Å². The summed E-state index contributed by atoms with van der Waals surface area (Å²) in [6.07, 6.45) is 1.97. The van der Waals surface area contributed by atoms with Crippen LogP contribution in [0.1, 0.15) is 26.2 Å². The Morgan fingerprint density at radius 1 is 1.13 bits per heavy atom. The summed E-state index contributed by atoms with van der Waals surface area (Å²) in [5.41, 5.74) is 0. The van der Waals surface area contributed by atoms with Gasteiger partial charge in [0.15, 0.2) is 0 Å². The van der Waals surface area contributed by atoms with Crippen molar-refractivity contribution in [1.29, 1.82) is 0 Å². The van der Waals surface area contributed by atoms with E-state index in [1.165, 1.54) is 11.5 Å². The summed E-state index contributed by atoms with van der Waals surface area (Å²) in [4.78, 5) is 0. The lowest BCUT2D eigenvalue weighted by Gasteiger charge is -2.36. The van der Waals surface area contributed by atoms with Crippen LogP contribution in [0.3, 0.4) is 0 Å². The fraction of sp³-hybridized carbons (Fsp3) is 1.00. The number of aliphatic hydroxyl groups excluding tert-OH is 2. The van der Waals surface area contributed by atoms with Crippen LogP contribution in [0, 0.1) is 11.8 Å². The van der Waals surface area contributed by atoms with Crippen molar-refractivity contribution in [3.63, 3.8) is 0 Å². The van der Waals surface area contributed by atoms with E-state index in [0.29, 0.717) is 16.4 Å². The van der Waals surface area contributed by atoms with Crippen LogP contribution in [-0.4, -0.2) is 38.5 Å². The average molecular weight is 248 g/mol. The second-order valence-corrected chi connectivity index (χ2v) is 7.46. The first kappa shape index (κ1) is 12.1. The molecular formula is C11H20O2S2. The molecule has 1 aliphatic carbocycles. The quantitative estimate of drug-likeness (QED) is 0.784. The van der Waals surface area contributed by atoms with Crippen LogP contribution in [0.5, 0.6) is 0 Å². The third-order valence-electron chi connectivity index (χ3n) is 3.59. The average Bonchev–Trinajstić information content (AvgIpc) is 2.74. The molecule has 1 aliphatic heterocycles. The van der Waals surface area contributed by atoms with E-state index in [1.54, 1.807) is 0 Å². The lowest BCUT2D eigenvalue weighted by atomic mass is 9.78. The van der Waals surface area contributed by atoms with E-state index < -0.39 is 0 Å². The van der Waals surface area contributed by atoms with Gasteiger partial charge in [-0.1, -0.05) is 6.92 Å². The van der Waals surface area contributed by atoms with E-state index >= 15 is 0 Å². The molecule has 1 heterocycles. The maximum Gasteiger partial charge on any atom is 0.0573 e. The topological polar surface area (TPSA) is 40.5 Å². The van der Waals surface area contributed by atoms with Crippen molar-refractivity contribution in [3.8, 4) is 0 Å². The van der Waals surface area contributed by atoms with Crippen molar-refractivity contribution in [2.45, 2.75) is 43.0 Å². The van der Waals surface area contributed by atoms with Gasteiger partial charge in [0, 0.05) is 11.5 Å². The van der Waals surface area contributed by atoms with Gasteiger partial charge in [0.2, 0.25) is 0 Å². The van der Waals surface area contributed by atoms with Crippen molar-refractivity contribution in [2.75, 3.05) is 11.5 Å². The molecule has 4 heteroatoms. The molecular weight excluding hydrogens is 228 g/mol. The lowest BCUT2D eigenvalue weighted by Crippen LogP contribution is -2.37. The Morgan fingerprint density at radius 3 is 2.47 bits per heavy atom. The highest BCUT2D eigenvalue weighted by Gasteiger charge is 2.37. The van der Waals surface area contributed by atoms with Crippen LogP contribution in [0.2, 0.25) is 0 Å². The Hall–Kier alpha value is 0.620. The van der Waals surface area contributed by atoms with Crippen LogP contribution >= 0.6 is 23.5 Å². The molecule has 0 unspecified atom stereocenters. The summed E-state index contributed by atoms with van der Waals surface area (Å²) in [5, 5.41) is 19.7. The van der Waals surface area contributed by atoms with Crippen LogP contribution in [0.4, 0.5) is 0 Å². The first-order chi connectivity index (χ1) is 7.18. The molecule has 1 saturated carbocycles. The summed E-state index contributed by atoms with van der Waals surface area (Å²) < 4.78 is 0.634. The number of rotatable bonds is 2. The summed E-state index contributed by atoms with van der Waals surface area (Å²) in [6, 6.07) is 0. The number of hydrogen-bond donors (Lipinski definition) is 2. The van der Waals surface area contributed by atoms with Gasteiger partial charge in [-0.25, -0.2) is 0 Å². The molecule has 2 aliphatic rings. The highest BCUT2D eigenvalue weighted by Crippen LogP contribution is 2.43. The number of aliphatic hydroxyl groups is 2. The predicted molar refractivity (Wildman–Crippen MR) is 67.2 cm³/mol. The summed E-state index contributed by atoms with van der Waals surface area (Å²) in [7, 11) is 0. The summed E-state index contributed by atoms with van der Waals surface area (Å²) in [5.74, 6) is 3.31. The second-order valence-electron chi connectivity index (χ2n) is 4.67. The first-order valence-electron chi connectivity index (χ1n) is 5.78. The smallest absolute Gasteiger partial charge is 0.0573 e. The van der Waals surface area contributed by atoms with Gasteiger partial charge in [-0.3, -0.25) is 0 Å². The molecule has 1 saturated heterocycles. The first-order valence-corrected chi connectivity index (χ1v) is 7.87. The highest BCUT2D eigenvalue weighted by molar-refractivity contribution is 8.20. The molecule has 0 bridgehead atoms. The van der Waals surface area contributed by atoms with E-state index in [1.807, 2.05) is 23.5 Å². The largest absolute Gasteiger partial charge is 0.393 e. The highest BCUT2D eigenvalue weighted by atomic mass is 32.2. The summed E-state index contributed by atoms with van der Waals surface area (Å²) >= 11 is 4.04. The van der Waals surface area contributed by atoms with Crippen molar-refractivity contribution in [2.24, 2.45) is 11.8 Å². The molecule has 0 aromatic carbocycles. The third kappa shape index (κ3) is 2.84. The molecule has 4 atom stereocenters. The Balaban J connectivity index is 1.94. The molecule has 88 valence electrons. The van der Waals surface area contributed by atoms with Gasteiger partial charge in [-0.2, -0.15) is 0 Å². The second kappa shape index (κ2) is 5.30. The van der Waals surface area contributed by atoms with Crippen LogP contribution < -0.4 is 0 Å². The van der Waals surface area contributed by atoms with E-state index in [0.717, 1.165) is 19.3 Å².